The van der Waals surface area contributed by atoms with Crippen molar-refractivity contribution in [2.24, 2.45) is 0 Å². The van der Waals surface area contributed by atoms with Crippen LogP contribution in [0, 0.1) is 13.8 Å². The summed E-state index contributed by atoms with van der Waals surface area (Å²) in [7, 11) is 0. The molecule has 4 rings (SSSR count). The van der Waals surface area contributed by atoms with Crippen molar-refractivity contribution < 1.29 is 13.9 Å². The molecular weight excluding hydrogens is 432 g/mol. The topological polar surface area (TPSA) is 64.4 Å². The first-order valence-corrected chi connectivity index (χ1v) is 11.8. The number of nitrogens with zero attached hydrogens (tertiary/aromatic N) is 1. The Morgan fingerprint density at radius 3 is 2.33 bits per heavy atom. The van der Waals surface area contributed by atoms with E-state index in [1.54, 1.807) is 23.9 Å². The van der Waals surface area contributed by atoms with Crippen molar-refractivity contribution in [3.8, 4) is 17.2 Å². The fourth-order valence-corrected chi connectivity index (χ4v) is 4.14. The number of aromatic nitrogens is 1. The van der Waals surface area contributed by atoms with Crippen molar-refractivity contribution in [3.63, 3.8) is 0 Å². The summed E-state index contributed by atoms with van der Waals surface area (Å²) in [6, 6.07) is 23.0. The number of aryl methyl sites for hydroxylation is 2. The van der Waals surface area contributed by atoms with Gasteiger partial charge in [0, 0.05) is 27.5 Å². The summed E-state index contributed by atoms with van der Waals surface area (Å²) >= 11 is 1.73. The number of hydrogen-bond acceptors (Lipinski definition) is 5. The molecule has 1 amide bonds. The minimum absolute atomic E-state index is 0.176. The number of thioether (sulfide) groups is 1. The molecule has 0 saturated carbocycles. The second kappa shape index (κ2) is 10.4. The predicted octanol–water partition coefficient (Wildman–Crippen LogP) is 6.90. The van der Waals surface area contributed by atoms with E-state index in [-0.39, 0.29) is 5.91 Å². The van der Waals surface area contributed by atoms with Gasteiger partial charge in [0.2, 0.25) is 5.89 Å². The standard InChI is InChI=1S/C27H26N2O3S/c1-4-31-23-13-11-22(12-14-23)28-26(30)20-7-9-21(10-8-20)27-29-25(19(3)32-27)17-33-24-15-5-18(2)6-16-24/h5-16H,4,17H2,1-3H3,(H,28,30). The fourth-order valence-electron chi connectivity index (χ4n) is 3.24. The lowest BCUT2D eigenvalue weighted by atomic mass is 10.1. The fraction of sp³-hybridized carbons (Fsp3) is 0.185. The summed E-state index contributed by atoms with van der Waals surface area (Å²) in [5, 5.41) is 2.90. The highest BCUT2D eigenvalue weighted by atomic mass is 32.2. The lowest BCUT2D eigenvalue weighted by Gasteiger charge is -2.07. The number of nitrogens with one attached hydrogen (secondary N) is 1. The highest BCUT2D eigenvalue weighted by molar-refractivity contribution is 7.98. The van der Waals surface area contributed by atoms with Crippen LogP contribution in [0.25, 0.3) is 11.5 Å². The van der Waals surface area contributed by atoms with Crippen molar-refractivity contribution in [1.29, 1.82) is 0 Å². The highest BCUT2D eigenvalue weighted by Gasteiger charge is 2.13. The molecule has 0 atom stereocenters. The molecule has 0 unspecified atom stereocenters. The minimum atomic E-state index is -0.176. The molecule has 1 N–H and O–H groups in total. The molecular formula is C27H26N2O3S. The molecule has 1 aromatic heterocycles. The number of amides is 1. The predicted molar refractivity (Wildman–Crippen MR) is 133 cm³/mol. The van der Waals surface area contributed by atoms with Gasteiger partial charge in [0.15, 0.2) is 0 Å². The zero-order valence-electron chi connectivity index (χ0n) is 18.9. The third-order valence-corrected chi connectivity index (χ3v) is 6.13. The Bertz CT molecular complexity index is 1210. The maximum Gasteiger partial charge on any atom is 0.255 e. The Hall–Kier alpha value is -3.51. The molecule has 0 radical (unpaired) electrons. The highest BCUT2D eigenvalue weighted by Crippen LogP contribution is 2.28. The summed E-state index contributed by atoms with van der Waals surface area (Å²) in [5.74, 6) is 2.70. The molecule has 33 heavy (non-hydrogen) atoms. The molecule has 0 aliphatic heterocycles. The maximum atomic E-state index is 12.6. The summed E-state index contributed by atoms with van der Waals surface area (Å²) in [6.07, 6.45) is 0. The van der Waals surface area contributed by atoms with E-state index in [1.165, 1.54) is 10.5 Å². The summed E-state index contributed by atoms with van der Waals surface area (Å²) in [4.78, 5) is 18.5. The van der Waals surface area contributed by atoms with E-state index in [4.69, 9.17) is 9.15 Å². The number of rotatable bonds is 8. The lowest BCUT2D eigenvalue weighted by Crippen LogP contribution is -2.11. The van der Waals surface area contributed by atoms with E-state index in [0.717, 1.165) is 28.5 Å². The molecule has 0 aliphatic carbocycles. The van der Waals surface area contributed by atoms with Crippen LogP contribution in [-0.4, -0.2) is 17.5 Å². The lowest BCUT2D eigenvalue weighted by molar-refractivity contribution is 0.102. The molecule has 4 aromatic rings. The van der Waals surface area contributed by atoms with Gasteiger partial charge in [0.25, 0.3) is 5.91 Å². The van der Waals surface area contributed by atoms with E-state index in [0.29, 0.717) is 23.7 Å². The van der Waals surface area contributed by atoms with Gasteiger partial charge >= 0.3 is 0 Å². The molecule has 5 nitrogen and oxygen atoms in total. The number of carbonyl (C=O) groups excluding carboxylic acids is 1. The van der Waals surface area contributed by atoms with E-state index in [1.807, 2.05) is 50.2 Å². The average Bonchev–Trinajstić information content (AvgIpc) is 3.20. The molecule has 168 valence electrons. The second-order valence-electron chi connectivity index (χ2n) is 7.61. The Kier molecular flexibility index (Phi) is 7.15. The third kappa shape index (κ3) is 5.84. The van der Waals surface area contributed by atoms with Gasteiger partial charge in [-0.3, -0.25) is 4.79 Å². The van der Waals surface area contributed by atoms with Crippen molar-refractivity contribution in [3.05, 3.63) is 95.4 Å². The first-order valence-electron chi connectivity index (χ1n) is 10.8. The second-order valence-corrected chi connectivity index (χ2v) is 8.66. The van der Waals surface area contributed by atoms with Crippen LogP contribution < -0.4 is 10.1 Å². The molecule has 6 heteroatoms. The van der Waals surface area contributed by atoms with E-state index in [2.05, 4.69) is 41.5 Å². The normalized spacial score (nSPS) is 10.8. The van der Waals surface area contributed by atoms with Gasteiger partial charge < -0.3 is 14.5 Å². The van der Waals surface area contributed by atoms with Crippen LogP contribution in [0.3, 0.4) is 0 Å². The van der Waals surface area contributed by atoms with Crippen LogP contribution in [0.2, 0.25) is 0 Å². The third-order valence-electron chi connectivity index (χ3n) is 5.11. The summed E-state index contributed by atoms with van der Waals surface area (Å²) < 4.78 is 11.3. The van der Waals surface area contributed by atoms with Crippen LogP contribution in [-0.2, 0) is 5.75 Å². The Morgan fingerprint density at radius 1 is 0.970 bits per heavy atom. The van der Waals surface area contributed by atoms with Crippen LogP contribution in [0.5, 0.6) is 5.75 Å². The van der Waals surface area contributed by atoms with Crippen molar-refractivity contribution in [1.82, 2.24) is 4.98 Å². The summed E-state index contributed by atoms with van der Waals surface area (Å²) in [5.41, 5.74) is 4.28. The number of ether oxygens (including phenoxy) is 1. The zero-order valence-corrected chi connectivity index (χ0v) is 19.7. The Balaban J connectivity index is 1.39. The van der Waals surface area contributed by atoms with Crippen molar-refractivity contribution in [2.45, 2.75) is 31.4 Å². The first-order chi connectivity index (χ1) is 16.0. The van der Waals surface area contributed by atoms with Gasteiger partial charge in [-0.2, -0.15) is 0 Å². The van der Waals surface area contributed by atoms with Crippen molar-refractivity contribution >= 4 is 23.4 Å². The maximum absolute atomic E-state index is 12.6. The number of anilines is 1. The molecule has 0 spiro atoms. The zero-order chi connectivity index (χ0) is 23.2. The van der Waals surface area contributed by atoms with Crippen LogP contribution in [0.1, 0.15) is 34.3 Å². The number of oxazole rings is 1. The quantitative estimate of drug-likeness (QED) is 0.291. The Labute approximate surface area is 198 Å². The van der Waals surface area contributed by atoms with Gasteiger partial charge in [-0.1, -0.05) is 17.7 Å². The monoisotopic (exact) mass is 458 g/mol. The van der Waals surface area contributed by atoms with Crippen LogP contribution in [0.4, 0.5) is 5.69 Å². The van der Waals surface area contributed by atoms with E-state index >= 15 is 0 Å². The number of benzene rings is 3. The summed E-state index contributed by atoms with van der Waals surface area (Å²) in [6.45, 7) is 6.55. The van der Waals surface area contributed by atoms with Gasteiger partial charge in [0.05, 0.1) is 12.3 Å². The molecule has 0 aliphatic rings. The molecule has 1 heterocycles. The van der Waals surface area contributed by atoms with E-state index in [9.17, 15) is 4.79 Å². The first kappa shape index (κ1) is 22.7. The minimum Gasteiger partial charge on any atom is -0.494 e. The van der Waals surface area contributed by atoms with Gasteiger partial charge in [-0.25, -0.2) is 4.98 Å². The molecule has 0 saturated heterocycles. The number of hydrogen-bond donors (Lipinski definition) is 1. The molecule has 0 bridgehead atoms. The number of carbonyl (C=O) groups is 1. The largest absolute Gasteiger partial charge is 0.494 e. The molecule has 3 aromatic carbocycles. The Morgan fingerprint density at radius 2 is 1.67 bits per heavy atom. The average molecular weight is 459 g/mol. The van der Waals surface area contributed by atoms with Gasteiger partial charge in [-0.05, 0) is 81.4 Å². The van der Waals surface area contributed by atoms with Crippen LogP contribution in [0.15, 0.2) is 82.1 Å². The smallest absolute Gasteiger partial charge is 0.255 e. The molecule has 0 fully saturated rings. The van der Waals surface area contributed by atoms with Gasteiger partial charge in [-0.15, -0.1) is 11.8 Å². The van der Waals surface area contributed by atoms with Crippen molar-refractivity contribution in [2.75, 3.05) is 11.9 Å². The SMILES string of the molecule is CCOc1ccc(NC(=O)c2ccc(-c3nc(CSc4ccc(C)cc4)c(C)o3)cc2)cc1. The van der Waals surface area contributed by atoms with Crippen LogP contribution >= 0.6 is 11.8 Å². The van der Waals surface area contributed by atoms with Gasteiger partial charge in [0.1, 0.15) is 11.5 Å². The van der Waals surface area contributed by atoms with E-state index < -0.39 is 0 Å².